The van der Waals surface area contributed by atoms with Gasteiger partial charge in [0.05, 0.1) is 22.8 Å². The van der Waals surface area contributed by atoms with E-state index in [9.17, 15) is 0 Å². The smallest absolute Gasteiger partial charge is 0.170 e. The molecule has 3 aromatic heterocycles. The standard InChI is InChI=1S/C24H20ClN5S/c25-18-11-12-21(27-15-18)29-14-6-10-20(29)23-22(19-9-4-5-13-26-19)28-24(31)30(23)16-17-7-2-1-3-8-17/h1-15,22-23H,16H2,(H,28,31)/t22-,23-/m0/s1. The van der Waals surface area contributed by atoms with Gasteiger partial charge in [-0.2, -0.15) is 0 Å². The molecule has 1 fully saturated rings. The van der Waals surface area contributed by atoms with Gasteiger partial charge in [0.15, 0.2) is 5.11 Å². The van der Waals surface area contributed by atoms with Crippen molar-refractivity contribution in [3.05, 3.63) is 113 Å². The maximum atomic E-state index is 6.06. The van der Waals surface area contributed by atoms with Crippen LogP contribution in [0.5, 0.6) is 0 Å². The van der Waals surface area contributed by atoms with Gasteiger partial charge in [-0.15, -0.1) is 0 Å². The highest BCUT2D eigenvalue weighted by atomic mass is 35.5. The molecule has 2 atom stereocenters. The zero-order chi connectivity index (χ0) is 21.2. The lowest BCUT2D eigenvalue weighted by molar-refractivity contribution is 0.302. The molecule has 7 heteroatoms. The number of nitrogens with zero attached hydrogens (tertiary/aromatic N) is 4. The van der Waals surface area contributed by atoms with Gasteiger partial charge in [-0.1, -0.05) is 48.0 Å². The Hall–Kier alpha value is -3.22. The van der Waals surface area contributed by atoms with Gasteiger partial charge in [0.2, 0.25) is 0 Å². The normalized spacial score (nSPS) is 18.2. The van der Waals surface area contributed by atoms with Crippen molar-refractivity contribution in [2.24, 2.45) is 0 Å². The maximum Gasteiger partial charge on any atom is 0.170 e. The first kappa shape index (κ1) is 19.7. The number of aromatic nitrogens is 3. The second kappa shape index (κ2) is 8.49. The molecule has 0 saturated carbocycles. The van der Waals surface area contributed by atoms with Crippen LogP contribution in [0.25, 0.3) is 5.82 Å². The molecule has 0 unspecified atom stereocenters. The Morgan fingerprint density at radius 2 is 1.77 bits per heavy atom. The van der Waals surface area contributed by atoms with E-state index in [1.807, 2.05) is 67.0 Å². The summed E-state index contributed by atoms with van der Waals surface area (Å²) in [6, 6.07) is 24.1. The van der Waals surface area contributed by atoms with Crippen molar-refractivity contribution in [1.29, 1.82) is 0 Å². The zero-order valence-electron chi connectivity index (χ0n) is 16.6. The summed E-state index contributed by atoms with van der Waals surface area (Å²) in [5, 5.41) is 4.83. The van der Waals surface area contributed by atoms with Crippen LogP contribution in [0.15, 0.2) is 91.4 Å². The molecule has 0 spiro atoms. The first-order chi connectivity index (χ1) is 15.2. The molecule has 5 rings (SSSR count). The quantitative estimate of drug-likeness (QED) is 0.433. The Labute approximate surface area is 191 Å². The van der Waals surface area contributed by atoms with Crippen LogP contribution >= 0.6 is 23.8 Å². The molecule has 0 bridgehead atoms. The third kappa shape index (κ3) is 3.92. The van der Waals surface area contributed by atoms with Crippen LogP contribution in [0.3, 0.4) is 0 Å². The zero-order valence-corrected chi connectivity index (χ0v) is 18.2. The van der Waals surface area contributed by atoms with Gasteiger partial charge in [-0.05, 0) is 54.2 Å². The lowest BCUT2D eigenvalue weighted by atomic mass is 10.0. The van der Waals surface area contributed by atoms with E-state index in [1.54, 1.807) is 6.20 Å². The predicted molar refractivity (Wildman–Crippen MR) is 126 cm³/mol. The number of rotatable bonds is 5. The van der Waals surface area contributed by atoms with Crippen LogP contribution in [0.4, 0.5) is 0 Å². The number of hydrogen-bond donors (Lipinski definition) is 1. The Bertz CT molecular complexity index is 1180. The van der Waals surface area contributed by atoms with Crippen molar-refractivity contribution in [3.63, 3.8) is 0 Å². The fourth-order valence-electron chi connectivity index (χ4n) is 4.03. The average molecular weight is 446 g/mol. The van der Waals surface area contributed by atoms with E-state index < -0.39 is 0 Å². The van der Waals surface area contributed by atoms with Gasteiger partial charge in [0.25, 0.3) is 0 Å². The minimum atomic E-state index is -0.0848. The summed E-state index contributed by atoms with van der Waals surface area (Å²) in [4.78, 5) is 11.4. The number of halogens is 1. The molecule has 31 heavy (non-hydrogen) atoms. The largest absolute Gasteiger partial charge is 0.352 e. The van der Waals surface area contributed by atoms with Crippen LogP contribution in [-0.4, -0.2) is 24.5 Å². The van der Waals surface area contributed by atoms with Crippen molar-refractivity contribution in [3.8, 4) is 5.82 Å². The summed E-state index contributed by atoms with van der Waals surface area (Å²) in [6.07, 6.45) is 5.50. The molecule has 1 aromatic carbocycles. The van der Waals surface area contributed by atoms with Crippen molar-refractivity contribution in [2.75, 3.05) is 0 Å². The maximum absolute atomic E-state index is 6.06. The number of thiocarbonyl (C=S) groups is 1. The minimum absolute atomic E-state index is 0.0601. The van der Waals surface area contributed by atoms with Crippen molar-refractivity contribution >= 4 is 28.9 Å². The highest BCUT2D eigenvalue weighted by Gasteiger charge is 2.41. The fraction of sp³-hybridized carbons (Fsp3) is 0.125. The first-order valence-electron chi connectivity index (χ1n) is 10.0. The van der Waals surface area contributed by atoms with E-state index in [-0.39, 0.29) is 12.1 Å². The van der Waals surface area contributed by atoms with Crippen molar-refractivity contribution < 1.29 is 0 Å². The molecule has 154 valence electrons. The van der Waals surface area contributed by atoms with Crippen LogP contribution in [0, 0.1) is 0 Å². The lowest BCUT2D eigenvalue weighted by Crippen LogP contribution is -2.30. The van der Waals surface area contributed by atoms with Gasteiger partial charge in [-0.3, -0.25) is 4.98 Å². The van der Waals surface area contributed by atoms with Gasteiger partial charge in [0, 0.05) is 30.8 Å². The van der Waals surface area contributed by atoms with Crippen LogP contribution < -0.4 is 5.32 Å². The van der Waals surface area contributed by atoms with E-state index >= 15 is 0 Å². The second-order valence-corrected chi connectivity index (χ2v) is 8.20. The molecule has 0 aliphatic carbocycles. The number of hydrogen-bond acceptors (Lipinski definition) is 3. The van der Waals surface area contributed by atoms with Gasteiger partial charge >= 0.3 is 0 Å². The van der Waals surface area contributed by atoms with Crippen LogP contribution in [0.2, 0.25) is 5.02 Å². The predicted octanol–water partition coefficient (Wildman–Crippen LogP) is 5.09. The van der Waals surface area contributed by atoms with Crippen LogP contribution in [-0.2, 0) is 6.54 Å². The molecule has 0 amide bonds. The van der Waals surface area contributed by atoms with Crippen molar-refractivity contribution in [1.82, 2.24) is 24.8 Å². The number of benzene rings is 1. The summed E-state index contributed by atoms with van der Waals surface area (Å²) in [7, 11) is 0. The molecule has 1 saturated heterocycles. The van der Waals surface area contributed by atoms with Gasteiger partial charge in [0.1, 0.15) is 5.82 Å². The Morgan fingerprint density at radius 1 is 0.935 bits per heavy atom. The van der Waals surface area contributed by atoms with E-state index in [1.165, 1.54) is 5.56 Å². The summed E-state index contributed by atoms with van der Waals surface area (Å²) in [6.45, 7) is 0.694. The average Bonchev–Trinajstić information content (AvgIpc) is 3.40. The molecule has 4 heterocycles. The molecule has 0 radical (unpaired) electrons. The third-order valence-corrected chi connectivity index (χ3v) is 6.01. The summed E-state index contributed by atoms with van der Waals surface area (Å²) >= 11 is 11.8. The summed E-state index contributed by atoms with van der Waals surface area (Å²) in [5.41, 5.74) is 3.22. The van der Waals surface area contributed by atoms with Crippen molar-refractivity contribution in [2.45, 2.75) is 18.6 Å². The van der Waals surface area contributed by atoms with Gasteiger partial charge in [-0.25, -0.2) is 4.98 Å². The van der Waals surface area contributed by atoms with E-state index in [4.69, 9.17) is 23.8 Å². The fourth-order valence-corrected chi connectivity index (χ4v) is 4.45. The number of nitrogens with one attached hydrogen (secondary N) is 1. The molecular weight excluding hydrogens is 426 g/mol. The van der Waals surface area contributed by atoms with Crippen LogP contribution in [0.1, 0.15) is 29.0 Å². The topological polar surface area (TPSA) is 46.0 Å². The molecule has 1 aliphatic heterocycles. The summed E-state index contributed by atoms with van der Waals surface area (Å²) in [5.74, 6) is 0.807. The van der Waals surface area contributed by atoms with Gasteiger partial charge < -0.3 is 14.8 Å². The highest BCUT2D eigenvalue weighted by Crippen LogP contribution is 2.40. The SMILES string of the molecule is S=C1N[C@@H](c2ccccn2)[C@H](c2cccn2-c2ccc(Cl)cn2)N1Cc1ccccc1. The minimum Gasteiger partial charge on any atom is -0.352 e. The van der Waals surface area contributed by atoms with E-state index in [0.717, 1.165) is 17.2 Å². The Kier molecular flexibility index (Phi) is 5.40. The molecular formula is C24H20ClN5S. The molecule has 5 nitrogen and oxygen atoms in total. The Balaban J connectivity index is 1.60. The second-order valence-electron chi connectivity index (χ2n) is 7.38. The monoisotopic (exact) mass is 445 g/mol. The molecule has 1 aliphatic rings. The summed E-state index contributed by atoms with van der Waals surface area (Å²) < 4.78 is 2.09. The third-order valence-electron chi connectivity index (χ3n) is 5.44. The first-order valence-corrected chi connectivity index (χ1v) is 10.8. The lowest BCUT2D eigenvalue weighted by Gasteiger charge is -2.28. The van der Waals surface area contributed by atoms with E-state index in [2.05, 4.69) is 43.0 Å². The highest BCUT2D eigenvalue weighted by molar-refractivity contribution is 7.80. The number of pyridine rings is 2. The Morgan fingerprint density at radius 3 is 2.52 bits per heavy atom. The van der Waals surface area contributed by atoms with E-state index in [0.29, 0.717) is 16.7 Å². The molecule has 4 aromatic rings. The molecule has 1 N–H and O–H groups in total.